The molecule has 236 valence electrons. The van der Waals surface area contributed by atoms with E-state index in [4.69, 9.17) is 4.74 Å². The van der Waals surface area contributed by atoms with Gasteiger partial charge in [0.15, 0.2) is 0 Å². The summed E-state index contributed by atoms with van der Waals surface area (Å²) in [5, 5.41) is 16.3. The molecule has 0 heterocycles. The summed E-state index contributed by atoms with van der Waals surface area (Å²) in [5.74, 6) is -0.841. The van der Waals surface area contributed by atoms with Crippen molar-refractivity contribution in [2.75, 3.05) is 11.9 Å². The highest BCUT2D eigenvalue weighted by atomic mass is 16.6. The molecule has 0 aliphatic rings. The molecule has 3 aromatic carbocycles. The van der Waals surface area contributed by atoms with Crippen LogP contribution in [0.1, 0.15) is 81.7 Å². The lowest BCUT2D eigenvalue weighted by molar-refractivity contribution is -0.140. The topological polar surface area (TPSA) is 108 Å². The van der Waals surface area contributed by atoms with E-state index in [-0.39, 0.29) is 18.7 Å². The number of anilines is 1. The Balaban J connectivity index is 2.09. The highest BCUT2D eigenvalue weighted by molar-refractivity contribution is 6.00. The number of unbranched alkanes of at least 4 members (excludes halogenated alkanes) is 3. The molecule has 0 bridgehead atoms. The van der Waals surface area contributed by atoms with Gasteiger partial charge in [-0.25, -0.2) is 4.79 Å². The summed E-state index contributed by atoms with van der Waals surface area (Å²) in [7, 11) is 0. The number of benzene rings is 3. The summed E-state index contributed by atoms with van der Waals surface area (Å²) in [6.07, 6.45) is 3.01. The Labute approximate surface area is 261 Å². The SMILES string of the molecule is CCCCCCN(C(=O)C(Cc1ccccc1)NC(=O)OC(C)(C)C)C(C(=O)Nc1c(C)cccc1C)c1cccc(O)c1. The maximum Gasteiger partial charge on any atom is 0.408 e. The first-order chi connectivity index (χ1) is 20.9. The van der Waals surface area contributed by atoms with Gasteiger partial charge in [0.25, 0.3) is 5.91 Å². The van der Waals surface area contributed by atoms with E-state index >= 15 is 0 Å². The van der Waals surface area contributed by atoms with Crippen molar-refractivity contribution in [3.05, 3.63) is 95.1 Å². The number of nitrogens with one attached hydrogen (secondary N) is 2. The average molecular weight is 602 g/mol. The quantitative estimate of drug-likeness (QED) is 0.179. The van der Waals surface area contributed by atoms with Crippen molar-refractivity contribution < 1.29 is 24.2 Å². The smallest absolute Gasteiger partial charge is 0.408 e. The second kappa shape index (κ2) is 15.9. The number of carbonyl (C=O) groups is 3. The Morgan fingerprint density at radius 1 is 0.886 bits per heavy atom. The first-order valence-corrected chi connectivity index (χ1v) is 15.4. The van der Waals surface area contributed by atoms with Crippen LogP contribution in [0.25, 0.3) is 0 Å². The first kappa shape index (κ1) is 34.2. The number of aromatic hydroxyl groups is 1. The molecule has 3 N–H and O–H groups in total. The molecule has 0 fully saturated rings. The number of hydrogen-bond acceptors (Lipinski definition) is 5. The molecule has 0 radical (unpaired) electrons. The molecular formula is C36H47N3O5. The van der Waals surface area contributed by atoms with Gasteiger partial charge in [-0.05, 0) is 75.4 Å². The van der Waals surface area contributed by atoms with Crippen LogP contribution < -0.4 is 10.6 Å². The number of alkyl carbamates (subject to hydrolysis) is 1. The molecule has 3 aromatic rings. The normalized spacial score (nSPS) is 12.6. The Hall–Kier alpha value is -4.33. The summed E-state index contributed by atoms with van der Waals surface area (Å²) in [6.45, 7) is 11.5. The fourth-order valence-corrected chi connectivity index (χ4v) is 5.15. The van der Waals surface area contributed by atoms with Gasteiger partial charge in [0.2, 0.25) is 5.91 Å². The molecular weight excluding hydrogens is 554 g/mol. The van der Waals surface area contributed by atoms with Crippen LogP contribution in [-0.2, 0) is 20.7 Å². The van der Waals surface area contributed by atoms with Crippen LogP contribution in [0.2, 0.25) is 0 Å². The molecule has 2 atom stereocenters. The van der Waals surface area contributed by atoms with Gasteiger partial charge >= 0.3 is 6.09 Å². The fourth-order valence-electron chi connectivity index (χ4n) is 5.15. The van der Waals surface area contributed by atoms with Crippen molar-refractivity contribution >= 4 is 23.6 Å². The number of nitrogens with zero attached hydrogens (tertiary/aromatic N) is 1. The second-order valence-electron chi connectivity index (χ2n) is 12.2. The number of para-hydroxylation sites is 1. The summed E-state index contributed by atoms with van der Waals surface area (Å²) < 4.78 is 5.53. The number of phenolic OH excluding ortho intramolecular Hbond substituents is 1. The van der Waals surface area contributed by atoms with E-state index in [9.17, 15) is 19.5 Å². The Morgan fingerprint density at radius 3 is 2.16 bits per heavy atom. The molecule has 44 heavy (non-hydrogen) atoms. The third-order valence-electron chi connectivity index (χ3n) is 7.28. The zero-order valence-electron chi connectivity index (χ0n) is 26.9. The number of carbonyl (C=O) groups excluding carboxylic acids is 3. The van der Waals surface area contributed by atoms with Gasteiger partial charge < -0.3 is 25.4 Å². The van der Waals surface area contributed by atoms with Crippen LogP contribution in [0.15, 0.2) is 72.8 Å². The molecule has 0 saturated carbocycles. The third-order valence-corrected chi connectivity index (χ3v) is 7.28. The van der Waals surface area contributed by atoms with E-state index in [0.29, 0.717) is 17.7 Å². The van der Waals surface area contributed by atoms with Crippen molar-refractivity contribution in [1.82, 2.24) is 10.2 Å². The molecule has 0 aromatic heterocycles. The Bertz CT molecular complexity index is 1380. The molecule has 0 saturated heterocycles. The maximum absolute atomic E-state index is 14.6. The van der Waals surface area contributed by atoms with Gasteiger partial charge in [-0.2, -0.15) is 0 Å². The molecule has 8 heteroatoms. The van der Waals surface area contributed by atoms with Gasteiger partial charge in [-0.1, -0.05) is 86.8 Å². The van der Waals surface area contributed by atoms with E-state index in [1.807, 2.05) is 62.4 Å². The van der Waals surface area contributed by atoms with Gasteiger partial charge in [-0.15, -0.1) is 0 Å². The minimum absolute atomic E-state index is 0.0153. The fraction of sp³-hybridized carbons (Fsp3) is 0.417. The van der Waals surface area contributed by atoms with Crippen LogP contribution in [0.3, 0.4) is 0 Å². The number of amides is 3. The van der Waals surface area contributed by atoms with Crippen LogP contribution >= 0.6 is 0 Å². The number of ether oxygens (including phenoxy) is 1. The van der Waals surface area contributed by atoms with Crippen molar-refractivity contribution in [2.24, 2.45) is 0 Å². The van der Waals surface area contributed by atoms with Crippen molar-refractivity contribution in [3.63, 3.8) is 0 Å². The van der Waals surface area contributed by atoms with Crippen molar-refractivity contribution in [3.8, 4) is 5.75 Å². The first-order valence-electron chi connectivity index (χ1n) is 15.4. The van der Waals surface area contributed by atoms with E-state index in [1.54, 1.807) is 37.8 Å². The van der Waals surface area contributed by atoms with Gasteiger partial charge in [0.05, 0.1) is 0 Å². The van der Waals surface area contributed by atoms with Gasteiger partial charge in [-0.3, -0.25) is 9.59 Å². The minimum atomic E-state index is -1.08. The molecule has 0 aliphatic heterocycles. The third kappa shape index (κ3) is 10.1. The largest absolute Gasteiger partial charge is 0.508 e. The van der Waals surface area contributed by atoms with Crippen LogP contribution in [-0.4, -0.2) is 46.1 Å². The zero-order chi connectivity index (χ0) is 32.3. The number of hydrogen-bond donors (Lipinski definition) is 3. The lowest BCUT2D eigenvalue weighted by atomic mass is 9.99. The summed E-state index contributed by atoms with van der Waals surface area (Å²) in [4.78, 5) is 43.4. The predicted octanol–water partition coefficient (Wildman–Crippen LogP) is 7.23. The van der Waals surface area contributed by atoms with Crippen LogP contribution in [0, 0.1) is 13.8 Å². The zero-order valence-corrected chi connectivity index (χ0v) is 26.9. The lowest BCUT2D eigenvalue weighted by Crippen LogP contribution is -2.53. The minimum Gasteiger partial charge on any atom is -0.508 e. The number of phenols is 1. The Morgan fingerprint density at radius 2 is 1.55 bits per heavy atom. The molecule has 3 rings (SSSR count). The molecule has 8 nitrogen and oxygen atoms in total. The number of aryl methyl sites for hydroxylation is 2. The predicted molar refractivity (Wildman–Crippen MR) is 175 cm³/mol. The highest BCUT2D eigenvalue weighted by Crippen LogP contribution is 2.29. The second-order valence-corrected chi connectivity index (χ2v) is 12.2. The van der Waals surface area contributed by atoms with E-state index in [1.165, 1.54) is 12.1 Å². The van der Waals surface area contributed by atoms with Gasteiger partial charge in [0.1, 0.15) is 23.4 Å². The molecule has 3 amide bonds. The average Bonchev–Trinajstić information content (AvgIpc) is 2.95. The van der Waals surface area contributed by atoms with Gasteiger partial charge in [0, 0.05) is 18.7 Å². The van der Waals surface area contributed by atoms with E-state index in [0.717, 1.165) is 36.0 Å². The molecule has 0 aliphatic carbocycles. The van der Waals surface area contributed by atoms with E-state index in [2.05, 4.69) is 17.6 Å². The van der Waals surface area contributed by atoms with Crippen molar-refractivity contribution in [1.29, 1.82) is 0 Å². The molecule has 0 spiro atoms. The van der Waals surface area contributed by atoms with Crippen molar-refractivity contribution in [2.45, 2.75) is 91.3 Å². The molecule has 2 unspecified atom stereocenters. The maximum atomic E-state index is 14.6. The highest BCUT2D eigenvalue weighted by Gasteiger charge is 2.36. The van der Waals surface area contributed by atoms with Crippen LogP contribution in [0.4, 0.5) is 10.5 Å². The lowest BCUT2D eigenvalue weighted by Gasteiger charge is -2.35. The standard InChI is InChI=1S/C36H47N3O5/c1-7-8-9-13-22-39(34(42)30(23-27-18-11-10-12-19-27)37-35(43)44-36(4,5)6)32(28-20-15-21-29(40)24-28)33(41)38-31-25(2)16-14-17-26(31)3/h10-12,14-21,24,30,32,40H,7-9,13,22-23H2,1-6H3,(H,37,43)(H,38,41). The number of rotatable bonds is 13. The summed E-state index contributed by atoms with van der Waals surface area (Å²) in [6, 6.07) is 19.5. The van der Waals surface area contributed by atoms with Crippen LogP contribution in [0.5, 0.6) is 5.75 Å². The Kier molecular flexibility index (Phi) is 12.4. The monoisotopic (exact) mass is 601 g/mol. The summed E-state index contributed by atoms with van der Waals surface area (Å²) in [5.41, 5.74) is 3.01. The van der Waals surface area contributed by atoms with E-state index < -0.39 is 35.6 Å². The summed E-state index contributed by atoms with van der Waals surface area (Å²) >= 11 is 0.